The molecule has 0 saturated heterocycles. The zero-order valence-corrected chi connectivity index (χ0v) is 16.5. The molecule has 0 heterocycles. The number of sulfonamides is 1. The first-order chi connectivity index (χ1) is 12.7. The number of hydrogen-bond acceptors (Lipinski definition) is 6. The van der Waals surface area contributed by atoms with E-state index in [-0.39, 0.29) is 28.9 Å². The van der Waals surface area contributed by atoms with E-state index in [1.807, 2.05) is 12.2 Å². The van der Waals surface area contributed by atoms with E-state index in [2.05, 4.69) is 14.8 Å². The number of benzene rings is 1. The van der Waals surface area contributed by atoms with E-state index in [9.17, 15) is 22.8 Å². The van der Waals surface area contributed by atoms with Crippen LogP contribution in [-0.2, 0) is 24.3 Å². The lowest BCUT2D eigenvalue weighted by molar-refractivity contribution is -0.148. The van der Waals surface area contributed by atoms with Gasteiger partial charge in [-0.25, -0.2) is 17.9 Å². The van der Waals surface area contributed by atoms with E-state index < -0.39 is 34.5 Å². The molecule has 0 saturated carbocycles. The maximum atomic E-state index is 12.1. The van der Waals surface area contributed by atoms with Crippen molar-refractivity contribution in [3.63, 3.8) is 0 Å². The number of urea groups is 1. The molecule has 0 spiro atoms. The summed E-state index contributed by atoms with van der Waals surface area (Å²) >= 11 is 5.83. The third-order valence-corrected chi connectivity index (χ3v) is 5.32. The van der Waals surface area contributed by atoms with E-state index in [4.69, 9.17) is 11.6 Å². The summed E-state index contributed by atoms with van der Waals surface area (Å²) in [5, 5.41) is 4.59. The minimum atomic E-state index is -3.87. The van der Waals surface area contributed by atoms with Crippen molar-refractivity contribution in [2.75, 3.05) is 13.2 Å². The topological polar surface area (TPSA) is 131 Å². The number of nitrogens with one attached hydrogen (secondary N) is 3. The van der Waals surface area contributed by atoms with Crippen LogP contribution in [0.4, 0.5) is 4.79 Å². The van der Waals surface area contributed by atoms with Gasteiger partial charge in [0.15, 0.2) is 6.61 Å². The van der Waals surface area contributed by atoms with Gasteiger partial charge in [-0.15, -0.1) is 0 Å². The minimum Gasteiger partial charge on any atom is -0.456 e. The lowest BCUT2D eigenvalue weighted by Crippen LogP contribution is -2.44. The minimum absolute atomic E-state index is 0.0555. The molecule has 0 aliphatic rings. The number of rotatable bonds is 9. The van der Waals surface area contributed by atoms with E-state index in [0.29, 0.717) is 6.42 Å². The van der Waals surface area contributed by atoms with Crippen LogP contribution in [0.1, 0.15) is 26.7 Å². The molecule has 1 aromatic carbocycles. The highest BCUT2D eigenvalue weighted by molar-refractivity contribution is 7.89. The van der Waals surface area contributed by atoms with Crippen LogP contribution in [0.3, 0.4) is 0 Å². The molecule has 150 valence electrons. The van der Waals surface area contributed by atoms with Crippen molar-refractivity contribution in [1.82, 2.24) is 15.4 Å². The fourth-order valence-corrected chi connectivity index (χ4v) is 3.32. The summed E-state index contributed by atoms with van der Waals surface area (Å²) in [6.07, 6.45) is 0.400. The highest BCUT2D eigenvalue weighted by Crippen LogP contribution is 2.19. The van der Waals surface area contributed by atoms with Crippen LogP contribution < -0.4 is 15.4 Å². The first kappa shape index (κ1) is 22.9. The quantitative estimate of drug-likeness (QED) is 0.515. The first-order valence-electron chi connectivity index (χ1n) is 8.16. The molecule has 27 heavy (non-hydrogen) atoms. The molecule has 0 aliphatic heterocycles. The fourth-order valence-electron chi connectivity index (χ4n) is 1.77. The van der Waals surface area contributed by atoms with Crippen LogP contribution >= 0.6 is 11.6 Å². The Morgan fingerprint density at radius 3 is 2.52 bits per heavy atom. The number of esters is 1. The van der Waals surface area contributed by atoms with Crippen molar-refractivity contribution in [1.29, 1.82) is 0 Å². The van der Waals surface area contributed by atoms with Gasteiger partial charge in [-0.3, -0.25) is 14.9 Å². The Labute approximate surface area is 162 Å². The van der Waals surface area contributed by atoms with Gasteiger partial charge in [0, 0.05) is 12.6 Å². The Kier molecular flexibility index (Phi) is 9.19. The highest BCUT2D eigenvalue weighted by Gasteiger charge is 2.18. The monoisotopic (exact) mass is 419 g/mol. The zero-order chi connectivity index (χ0) is 20.4. The second-order valence-corrected chi connectivity index (χ2v) is 7.71. The number of ether oxygens (including phenoxy) is 1. The molecule has 3 amide bonds. The van der Waals surface area contributed by atoms with Crippen LogP contribution in [-0.4, -0.2) is 45.5 Å². The van der Waals surface area contributed by atoms with Gasteiger partial charge in [-0.1, -0.05) is 30.7 Å². The van der Waals surface area contributed by atoms with Crippen molar-refractivity contribution in [3.05, 3.63) is 29.3 Å². The maximum absolute atomic E-state index is 12.1. The number of carbonyl (C=O) groups is 3. The van der Waals surface area contributed by atoms with Crippen molar-refractivity contribution in [2.45, 2.75) is 37.6 Å². The molecule has 1 atom stereocenters. The normalized spacial score (nSPS) is 12.1. The molecule has 1 aromatic rings. The van der Waals surface area contributed by atoms with Gasteiger partial charge in [0.2, 0.25) is 10.0 Å². The van der Waals surface area contributed by atoms with Crippen molar-refractivity contribution < 1.29 is 27.5 Å². The molecule has 0 aliphatic carbocycles. The van der Waals surface area contributed by atoms with E-state index in [0.717, 1.165) is 0 Å². The smallest absolute Gasteiger partial charge is 0.321 e. The first-order valence-corrected chi connectivity index (χ1v) is 10.0. The third-order valence-electron chi connectivity index (χ3n) is 3.35. The standard InChI is InChI=1S/C16H22ClN3O6S/c1-3-11(2)19-16(23)20-14(21)10-26-15(22)8-9-18-27(24,25)13-7-5-4-6-12(13)17/h4-7,11,18H,3,8-10H2,1-2H3,(H2,19,20,21,23)/t11-/m0/s1. The lowest BCUT2D eigenvalue weighted by atomic mass is 10.3. The number of imide groups is 1. The molecule has 0 radical (unpaired) electrons. The highest BCUT2D eigenvalue weighted by atomic mass is 35.5. The average molecular weight is 420 g/mol. The Bertz CT molecular complexity index is 784. The van der Waals surface area contributed by atoms with Gasteiger partial charge >= 0.3 is 12.0 Å². The summed E-state index contributed by atoms with van der Waals surface area (Å²) in [6.45, 7) is 2.76. The Morgan fingerprint density at radius 2 is 1.89 bits per heavy atom. The summed E-state index contributed by atoms with van der Waals surface area (Å²) in [5.74, 6) is -1.59. The van der Waals surface area contributed by atoms with Gasteiger partial charge in [-0.2, -0.15) is 0 Å². The van der Waals surface area contributed by atoms with E-state index in [1.54, 1.807) is 13.0 Å². The van der Waals surface area contributed by atoms with Gasteiger partial charge in [0.05, 0.1) is 11.4 Å². The van der Waals surface area contributed by atoms with Gasteiger partial charge in [-0.05, 0) is 25.5 Å². The number of amides is 3. The van der Waals surface area contributed by atoms with Crippen molar-refractivity contribution in [2.24, 2.45) is 0 Å². The third kappa shape index (κ3) is 8.37. The van der Waals surface area contributed by atoms with Crippen molar-refractivity contribution in [3.8, 4) is 0 Å². The maximum Gasteiger partial charge on any atom is 0.321 e. The Balaban J connectivity index is 2.34. The van der Waals surface area contributed by atoms with Crippen LogP contribution in [0.15, 0.2) is 29.2 Å². The second-order valence-electron chi connectivity index (χ2n) is 5.57. The molecule has 0 unspecified atom stereocenters. The summed E-state index contributed by atoms with van der Waals surface area (Å²) in [5.41, 5.74) is 0. The Hall–Kier alpha value is -2.17. The second kappa shape index (κ2) is 10.9. The average Bonchev–Trinajstić information content (AvgIpc) is 2.59. The zero-order valence-electron chi connectivity index (χ0n) is 15.0. The molecule has 11 heteroatoms. The van der Waals surface area contributed by atoms with Gasteiger partial charge in [0.25, 0.3) is 5.91 Å². The van der Waals surface area contributed by atoms with E-state index >= 15 is 0 Å². The van der Waals surface area contributed by atoms with Crippen LogP contribution in [0, 0.1) is 0 Å². The molecule has 1 rings (SSSR count). The molecule has 3 N–H and O–H groups in total. The van der Waals surface area contributed by atoms with E-state index in [1.165, 1.54) is 18.2 Å². The summed E-state index contributed by atoms with van der Waals surface area (Å²) in [4.78, 5) is 34.4. The predicted octanol–water partition coefficient (Wildman–Crippen LogP) is 1.18. The predicted molar refractivity (Wildman–Crippen MR) is 98.6 cm³/mol. The van der Waals surface area contributed by atoms with Crippen molar-refractivity contribution >= 4 is 39.5 Å². The molecule has 0 fully saturated rings. The summed E-state index contributed by atoms with van der Waals surface area (Å²) < 4.78 is 31.1. The molecular weight excluding hydrogens is 398 g/mol. The van der Waals surface area contributed by atoms with Crippen LogP contribution in [0.25, 0.3) is 0 Å². The fraction of sp³-hybridized carbons (Fsp3) is 0.438. The van der Waals surface area contributed by atoms with Gasteiger partial charge in [0.1, 0.15) is 4.90 Å². The largest absolute Gasteiger partial charge is 0.456 e. The molecule has 0 bridgehead atoms. The molecule has 9 nitrogen and oxygen atoms in total. The number of hydrogen-bond donors (Lipinski definition) is 3. The summed E-state index contributed by atoms with van der Waals surface area (Å²) in [7, 11) is -3.87. The number of carbonyl (C=O) groups excluding carboxylic acids is 3. The lowest BCUT2D eigenvalue weighted by Gasteiger charge is -2.12. The molecule has 0 aromatic heterocycles. The van der Waals surface area contributed by atoms with Crippen LogP contribution in [0.5, 0.6) is 0 Å². The number of halogens is 1. The Morgan fingerprint density at radius 1 is 1.22 bits per heavy atom. The molecular formula is C16H22ClN3O6S. The van der Waals surface area contributed by atoms with Crippen LogP contribution in [0.2, 0.25) is 5.02 Å². The SMILES string of the molecule is CC[C@H](C)NC(=O)NC(=O)COC(=O)CCNS(=O)(=O)c1ccccc1Cl. The summed E-state index contributed by atoms with van der Waals surface area (Å²) in [6, 6.07) is 5.08. The van der Waals surface area contributed by atoms with Gasteiger partial charge < -0.3 is 10.1 Å².